The Morgan fingerprint density at radius 3 is 2.93 bits per heavy atom. The minimum absolute atomic E-state index is 0.0731. The largest absolute Gasteiger partial charge is 0.331 e. The van der Waals surface area contributed by atoms with E-state index in [1.807, 2.05) is 13.8 Å². The molecule has 1 heterocycles. The molecule has 80 valence electrons. The first-order valence-electron chi connectivity index (χ1n) is 5.67. The van der Waals surface area contributed by atoms with E-state index < -0.39 is 0 Å². The van der Waals surface area contributed by atoms with Crippen molar-refractivity contribution in [2.75, 3.05) is 0 Å². The average Bonchev–Trinajstić information content (AvgIpc) is 2.55. The van der Waals surface area contributed by atoms with Crippen LogP contribution < -0.4 is 0 Å². The van der Waals surface area contributed by atoms with Gasteiger partial charge in [0.2, 0.25) is 0 Å². The first-order chi connectivity index (χ1) is 7.22. The van der Waals surface area contributed by atoms with Crippen LogP contribution in [-0.4, -0.2) is 9.55 Å². The standard InChI is InChI=1S/C12H17N3/c1-9(7-13)8-15-10(2)14-11-5-3-4-6-12(11)15/h9H,3-6,8H2,1-2H3. The normalized spacial score (nSPS) is 16.9. The minimum atomic E-state index is 0.0731. The lowest BCUT2D eigenvalue weighted by Crippen LogP contribution is -2.13. The molecule has 0 radical (unpaired) electrons. The van der Waals surface area contributed by atoms with Crippen molar-refractivity contribution in [1.29, 1.82) is 5.26 Å². The number of aryl methyl sites for hydroxylation is 2. The maximum absolute atomic E-state index is 8.84. The van der Waals surface area contributed by atoms with E-state index in [1.54, 1.807) is 0 Å². The van der Waals surface area contributed by atoms with Gasteiger partial charge in [0.15, 0.2) is 0 Å². The van der Waals surface area contributed by atoms with Crippen molar-refractivity contribution in [3.8, 4) is 6.07 Å². The third kappa shape index (κ3) is 1.90. The van der Waals surface area contributed by atoms with Gasteiger partial charge in [-0.15, -0.1) is 0 Å². The Labute approximate surface area is 90.7 Å². The van der Waals surface area contributed by atoms with Crippen LogP contribution in [0.4, 0.5) is 0 Å². The van der Waals surface area contributed by atoms with E-state index >= 15 is 0 Å². The molecule has 0 aromatic carbocycles. The highest BCUT2D eigenvalue weighted by Crippen LogP contribution is 2.22. The predicted octanol–water partition coefficient (Wildman–Crippen LogP) is 2.23. The number of hydrogen-bond acceptors (Lipinski definition) is 2. The summed E-state index contributed by atoms with van der Waals surface area (Å²) in [6, 6.07) is 2.29. The zero-order valence-corrected chi connectivity index (χ0v) is 9.45. The van der Waals surface area contributed by atoms with E-state index in [0.717, 1.165) is 25.2 Å². The summed E-state index contributed by atoms with van der Waals surface area (Å²) in [6.07, 6.45) is 4.77. The number of aromatic nitrogens is 2. The lowest BCUT2D eigenvalue weighted by molar-refractivity contribution is 0.533. The molecular weight excluding hydrogens is 186 g/mol. The number of nitriles is 1. The summed E-state index contributed by atoms with van der Waals surface area (Å²) in [5, 5.41) is 8.84. The zero-order chi connectivity index (χ0) is 10.8. The molecule has 0 N–H and O–H groups in total. The van der Waals surface area contributed by atoms with Gasteiger partial charge in [-0.05, 0) is 39.5 Å². The Morgan fingerprint density at radius 1 is 1.47 bits per heavy atom. The molecule has 0 spiro atoms. The number of imidazole rings is 1. The summed E-state index contributed by atoms with van der Waals surface area (Å²) in [7, 11) is 0. The molecule has 0 fully saturated rings. The van der Waals surface area contributed by atoms with Gasteiger partial charge in [0.05, 0.1) is 17.7 Å². The second-order valence-electron chi connectivity index (χ2n) is 4.40. The van der Waals surface area contributed by atoms with Gasteiger partial charge in [0.25, 0.3) is 0 Å². The van der Waals surface area contributed by atoms with Gasteiger partial charge in [-0.25, -0.2) is 4.98 Å². The van der Waals surface area contributed by atoms with Gasteiger partial charge in [-0.3, -0.25) is 0 Å². The van der Waals surface area contributed by atoms with E-state index in [9.17, 15) is 0 Å². The highest BCUT2D eigenvalue weighted by molar-refractivity contribution is 5.20. The summed E-state index contributed by atoms with van der Waals surface area (Å²) in [6.45, 7) is 4.81. The van der Waals surface area contributed by atoms with E-state index in [2.05, 4.69) is 15.6 Å². The lowest BCUT2D eigenvalue weighted by Gasteiger charge is -2.15. The SMILES string of the molecule is Cc1nc2c(n1CC(C)C#N)CCCC2. The molecule has 1 aliphatic rings. The van der Waals surface area contributed by atoms with Gasteiger partial charge in [0, 0.05) is 12.2 Å². The molecule has 0 aliphatic heterocycles. The molecule has 0 saturated heterocycles. The van der Waals surface area contributed by atoms with E-state index in [-0.39, 0.29) is 5.92 Å². The third-order valence-corrected chi connectivity index (χ3v) is 3.10. The molecule has 0 amide bonds. The topological polar surface area (TPSA) is 41.6 Å². The number of fused-ring (bicyclic) bond motifs is 1. The number of hydrogen-bond donors (Lipinski definition) is 0. The van der Waals surface area contributed by atoms with E-state index in [0.29, 0.717) is 0 Å². The maximum Gasteiger partial charge on any atom is 0.106 e. The van der Waals surface area contributed by atoms with Crippen LogP contribution in [0.15, 0.2) is 0 Å². The maximum atomic E-state index is 8.84. The van der Waals surface area contributed by atoms with Crippen molar-refractivity contribution in [1.82, 2.24) is 9.55 Å². The second-order valence-corrected chi connectivity index (χ2v) is 4.40. The lowest BCUT2D eigenvalue weighted by atomic mass is 10.0. The van der Waals surface area contributed by atoms with Gasteiger partial charge in [-0.2, -0.15) is 5.26 Å². The Bertz CT molecular complexity index is 398. The van der Waals surface area contributed by atoms with Crippen molar-refractivity contribution in [2.45, 2.75) is 46.1 Å². The van der Waals surface area contributed by atoms with Gasteiger partial charge >= 0.3 is 0 Å². The minimum Gasteiger partial charge on any atom is -0.331 e. The first-order valence-corrected chi connectivity index (χ1v) is 5.67. The van der Waals surface area contributed by atoms with Gasteiger partial charge in [-0.1, -0.05) is 0 Å². The van der Waals surface area contributed by atoms with Crippen LogP contribution in [0.3, 0.4) is 0 Å². The van der Waals surface area contributed by atoms with E-state index in [1.165, 1.54) is 24.2 Å². The summed E-state index contributed by atoms with van der Waals surface area (Å²) in [5.74, 6) is 1.15. The monoisotopic (exact) mass is 203 g/mol. The second kappa shape index (κ2) is 4.06. The molecule has 3 heteroatoms. The van der Waals surface area contributed by atoms with Crippen molar-refractivity contribution in [2.24, 2.45) is 5.92 Å². The van der Waals surface area contributed by atoms with Crippen molar-refractivity contribution in [3.05, 3.63) is 17.2 Å². The van der Waals surface area contributed by atoms with E-state index in [4.69, 9.17) is 5.26 Å². The zero-order valence-electron chi connectivity index (χ0n) is 9.45. The van der Waals surface area contributed by atoms with Crippen LogP contribution in [0, 0.1) is 24.2 Å². The predicted molar refractivity (Wildman–Crippen MR) is 58.4 cm³/mol. The third-order valence-electron chi connectivity index (χ3n) is 3.10. The number of nitrogens with zero attached hydrogens (tertiary/aromatic N) is 3. The highest BCUT2D eigenvalue weighted by atomic mass is 15.1. The molecule has 15 heavy (non-hydrogen) atoms. The molecule has 2 rings (SSSR count). The van der Waals surface area contributed by atoms with Crippen LogP contribution in [0.1, 0.15) is 37.0 Å². The summed E-state index contributed by atoms with van der Waals surface area (Å²) >= 11 is 0. The smallest absolute Gasteiger partial charge is 0.106 e. The summed E-state index contributed by atoms with van der Waals surface area (Å²) in [4.78, 5) is 4.59. The van der Waals surface area contributed by atoms with Gasteiger partial charge in [0.1, 0.15) is 5.82 Å². The molecule has 3 nitrogen and oxygen atoms in total. The average molecular weight is 203 g/mol. The van der Waals surface area contributed by atoms with Crippen LogP contribution in [-0.2, 0) is 19.4 Å². The summed E-state index contributed by atoms with van der Waals surface area (Å²) < 4.78 is 2.24. The molecule has 1 unspecified atom stereocenters. The molecule has 0 saturated carbocycles. The molecule has 1 aromatic heterocycles. The fourth-order valence-corrected chi connectivity index (χ4v) is 2.29. The van der Waals surface area contributed by atoms with Crippen molar-refractivity contribution < 1.29 is 0 Å². The molecular formula is C12H17N3. The molecule has 0 bridgehead atoms. The van der Waals surface area contributed by atoms with Crippen LogP contribution >= 0.6 is 0 Å². The Hall–Kier alpha value is -1.30. The Kier molecular flexibility index (Phi) is 2.77. The highest BCUT2D eigenvalue weighted by Gasteiger charge is 2.18. The quantitative estimate of drug-likeness (QED) is 0.739. The van der Waals surface area contributed by atoms with Crippen molar-refractivity contribution in [3.63, 3.8) is 0 Å². The van der Waals surface area contributed by atoms with Crippen LogP contribution in [0.2, 0.25) is 0 Å². The fourth-order valence-electron chi connectivity index (χ4n) is 2.29. The first kappa shape index (κ1) is 10.2. The van der Waals surface area contributed by atoms with Crippen molar-refractivity contribution >= 4 is 0 Å². The summed E-state index contributed by atoms with van der Waals surface area (Å²) in [5.41, 5.74) is 2.64. The van der Waals surface area contributed by atoms with Crippen LogP contribution in [0.5, 0.6) is 0 Å². The Morgan fingerprint density at radius 2 is 2.20 bits per heavy atom. The Balaban J connectivity index is 2.30. The van der Waals surface area contributed by atoms with Gasteiger partial charge < -0.3 is 4.57 Å². The fraction of sp³-hybridized carbons (Fsp3) is 0.667. The molecule has 1 aliphatic carbocycles. The number of rotatable bonds is 2. The van der Waals surface area contributed by atoms with Crippen LogP contribution in [0.25, 0.3) is 0 Å². The molecule has 1 atom stereocenters. The molecule has 1 aromatic rings.